The average molecular weight is 210 g/mol. The van der Waals surface area contributed by atoms with Gasteiger partial charge in [0.2, 0.25) is 5.78 Å². The van der Waals surface area contributed by atoms with Crippen molar-refractivity contribution in [2.75, 3.05) is 0 Å². The van der Waals surface area contributed by atoms with Crippen LogP contribution in [-0.2, 0) is 14.4 Å². The van der Waals surface area contributed by atoms with Crippen molar-refractivity contribution in [1.29, 1.82) is 0 Å². The van der Waals surface area contributed by atoms with Gasteiger partial charge in [0.05, 0.1) is 0 Å². The largest absolute Gasteiger partial charge is 0.475 e. The second kappa shape index (κ2) is 4.54. The van der Waals surface area contributed by atoms with Gasteiger partial charge in [-0.3, -0.25) is 9.59 Å². The van der Waals surface area contributed by atoms with Gasteiger partial charge in [0, 0.05) is 6.42 Å². The number of halogens is 3. The van der Waals surface area contributed by atoms with Crippen molar-refractivity contribution in [2.45, 2.75) is 12.6 Å². The maximum absolute atomic E-state index is 11.5. The maximum atomic E-state index is 11.5. The van der Waals surface area contributed by atoms with Crippen LogP contribution in [0.5, 0.6) is 0 Å². The molecule has 0 bridgehead atoms. The van der Waals surface area contributed by atoms with Crippen molar-refractivity contribution in [3.05, 3.63) is 12.2 Å². The monoisotopic (exact) mass is 210 g/mol. The molecule has 1 N–H and O–H groups in total. The zero-order chi connectivity index (χ0) is 11.4. The van der Waals surface area contributed by atoms with Gasteiger partial charge in [0.1, 0.15) is 0 Å². The zero-order valence-corrected chi connectivity index (χ0v) is 6.67. The predicted molar refractivity (Wildman–Crippen MR) is 37.5 cm³/mol. The lowest BCUT2D eigenvalue weighted by Gasteiger charge is -1.98. The van der Waals surface area contributed by atoms with Crippen LogP contribution in [0.2, 0.25) is 0 Å². The molecule has 0 amide bonds. The molecule has 0 fully saturated rings. The van der Waals surface area contributed by atoms with Crippen molar-refractivity contribution in [3.8, 4) is 0 Å². The number of Topliss-reactive ketones (excluding diaryl/α,β-unsaturated/α-hetero) is 1. The molecule has 0 rings (SSSR count). The minimum atomic E-state index is -5.00. The number of hydrogen-bond acceptors (Lipinski definition) is 3. The summed E-state index contributed by atoms with van der Waals surface area (Å²) in [5.74, 6) is -5.17. The molecule has 0 aromatic rings. The third kappa shape index (κ3) is 4.39. The molecule has 0 heterocycles. The lowest BCUT2D eigenvalue weighted by molar-refractivity contribution is -0.165. The number of aliphatic carboxylic acids is 1. The van der Waals surface area contributed by atoms with E-state index < -0.39 is 30.1 Å². The molecule has 0 saturated heterocycles. The Bertz CT molecular complexity index is 290. The summed E-state index contributed by atoms with van der Waals surface area (Å²) in [5, 5.41) is 8.02. The highest BCUT2D eigenvalue weighted by Crippen LogP contribution is 2.16. The quantitative estimate of drug-likeness (QED) is 0.548. The van der Waals surface area contributed by atoms with Gasteiger partial charge in [-0.15, -0.1) is 0 Å². The van der Waals surface area contributed by atoms with E-state index in [9.17, 15) is 27.6 Å². The highest BCUT2D eigenvalue weighted by atomic mass is 19.4. The summed E-state index contributed by atoms with van der Waals surface area (Å²) in [6.45, 7) is 0. The van der Waals surface area contributed by atoms with Gasteiger partial charge in [-0.25, -0.2) is 4.79 Å². The molecule has 0 spiro atoms. The molecule has 14 heavy (non-hydrogen) atoms. The summed E-state index contributed by atoms with van der Waals surface area (Å²) in [4.78, 5) is 30.4. The van der Waals surface area contributed by atoms with Crippen LogP contribution in [0, 0.1) is 0 Å². The Morgan fingerprint density at radius 3 is 2.07 bits per heavy atom. The minimum absolute atomic E-state index is 0.126. The summed E-state index contributed by atoms with van der Waals surface area (Å²) >= 11 is 0. The van der Waals surface area contributed by atoms with Gasteiger partial charge in [-0.05, 0) is 6.08 Å². The molecule has 4 nitrogen and oxygen atoms in total. The number of alkyl halides is 3. The molecule has 0 aliphatic heterocycles. The van der Waals surface area contributed by atoms with Crippen LogP contribution in [0.3, 0.4) is 0 Å². The van der Waals surface area contributed by atoms with Crippen LogP contribution in [0.4, 0.5) is 13.2 Å². The molecule has 0 saturated carbocycles. The number of hydrogen-bond donors (Lipinski definition) is 1. The molecule has 0 atom stereocenters. The van der Waals surface area contributed by atoms with Crippen LogP contribution in [0.25, 0.3) is 0 Å². The zero-order valence-electron chi connectivity index (χ0n) is 6.67. The molecule has 0 unspecified atom stereocenters. The topological polar surface area (TPSA) is 71.4 Å². The van der Waals surface area contributed by atoms with Gasteiger partial charge in [-0.2, -0.15) is 13.2 Å². The summed E-state index contributed by atoms with van der Waals surface area (Å²) in [7, 11) is 0. The maximum Gasteiger partial charge on any atom is 0.454 e. The lowest BCUT2D eigenvalue weighted by atomic mass is 10.2. The Balaban J connectivity index is 4.16. The lowest BCUT2D eigenvalue weighted by Crippen LogP contribution is -2.20. The standard InChI is InChI=1S/C7H5F3O4/c8-7(9,10)5(12)3-1-2-4(11)6(13)14/h1,3H,2H2,(H,13,14). The Morgan fingerprint density at radius 2 is 1.71 bits per heavy atom. The molecular weight excluding hydrogens is 205 g/mol. The van der Waals surface area contributed by atoms with Crippen molar-refractivity contribution in [3.63, 3.8) is 0 Å². The van der Waals surface area contributed by atoms with Crippen LogP contribution >= 0.6 is 0 Å². The summed E-state index contributed by atoms with van der Waals surface area (Å²) in [6.07, 6.45) is -5.05. The van der Waals surface area contributed by atoms with Crippen LogP contribution in [-0.4, -0.2) is 28.8 Å². The number of carbonyl (C=O) groups excluding carboxylic acids is 2. The number of allylic oxidation sites excluding steroid dienone is 2. The van der Waals surface area contributed by atoms with Crippen LogP contribution in [0.1, 0.15) is 6.42 Å². The van der Waals surface area contributed by atoms with Gasteiger partial charge >= 0.3 is 12.1 Å². The van der Waals surface area contributed by atoms with Crippen molar-refractivity contribution in [1.82, 2.24) is 0 Å². The van der Waals surface area contributed by atoms with Gasteiger partial charge in [0.25, 0.3) is 5.78 Å². The molecule has 0 aliphatic carbocycles. The Kier molecular flexibility index (Phi) is 4.00. The van der Waals surface area contributed by atoms with E-state index in [2.05, 4.69) is 0 Å². The van der Waals surface area contributed by atoms with Gasteiger partial charge in [0.15, 0.2) is 0 Å². The fraction of sp³-hybridized carbons (Fsp3) is 0.286. The summed E-state index contributed by atoms with van der Waals surface area (Å²) < 4.78 is 34.6. The fourth-order valence-corrected chi connectivity index (χ4v) is 0.455. The normalized spacial score (nSPS) is 11.6. The first-order valence-electron chi connectivity index (χ1n) is 3.29. The Labute approximate surface area is 76.0 Å². The average Bonchev–Trinajstić information content (AvgIpc) is 2.01. The molecule has 0 aromatic carbocycles. The van der Waals surface area contributed by atoms with Gasteiger partial charge < -0.3 is 5.11 Å². The highest BCUT2D eigenvalue weighted by Gasteiger charge is 2.35. The SMILES string of the molecule is O=C(O)C(=O)CC=CC(=O)C(F)(F)F. The fourth-order valence-electron chi connectivity index (χ4n) is 0.455. The number of carboxylic acid groups (broad SMARTS) is 1. The molecule has 0 radical (unpaired) electrons. The smallest absolute Gasteiger partial charge is 0.454 e. The van der Waals surface area contributed by atoms with E-state index in [-0.39, 0.29) is 6.08 Å². The van der Waals surface area contributed by atoms with E-state index in [1.54, 1.807) is 0 Å². The second-order valence-corrected chi connectivity index (χ2v) is 2.20. The Morgan fingerprint density at radius 1 is 1.21 bits per heavy atom. The molecule has 0 aliphatic rings. The van der Waals surface area contributed by atoms with Crippen molar-refractivity contribution < 1.29 is 32.7 Å². The molecule has 0 aromatic heterocycles. The van der Waals surface area contributed by atoms with E-state index in [4.69, 9.17) is 5.11 Å². The first kappa shape index (κ1) is 12.3. The molecule has 7 heteroatoms. The number of ketones is 2. The third-order valence-corrected chi connectivity index (χ3v) is 1.09. The number of rotatable bonds is 4. The third-order valence-electron chi connectivity index (χ3n) is 1.09. The highest BCUT2D eigenvalue weighted by molar-refractivity contribution is 6.33. The number of carboxylic acids is 1. The first-order valence-corrected chi connectivity index (χ1v) is 3.29. The van der Waals surface area contributed by atoms with Crippen LogP contribution in [0.15, 0.2) is 12.2 Å². The van der Waals surface area contributed by atoms with E-state index in [1.165, 1.54) is 0 Å². The van der Waals surface area contributed by atoms with Gasteiger partial charge in [-0.1, -0.05) is 6.08 Å². The van der Waals surface area contributed by atoms with Crippen LogP contribution < -0.4 is 0 Å². The van der Waals surface area contributed by atoms with Crippen molar-refractivity contribution in [2.24, 2.45) is 0 Å². The van der Waals surface area contributed by atoms with E-state index >= 15 is 0 Å². The van der Waals surface area contributed by atoms with Crippen molar-refractivity contribution >= 4 is 17.5 Å². The first-order chi connectivity index (χ1) is 6.25. The molecular formula is C7H5F3O4. The minimum Gasteiger partial charge on any atom is -0.475 e. The Hall–Kier alpha value is -1.66. The molecule has 78 valence electrons. The van der Waals surface area contributed by atoms with E-state index in [1.807, 2.05) is 0 Å². The predicted octanol–water partition coefficient (Wildman–Crippen LogP) is 0.718. The second-order valence-electron chi connectivity index (χ2n) is 2.20. The summed E-state index contributed by atoms with van der Waals surface area (Å²) in [6, 6.07) is 0. The van der Waals surface area contributed by atoms with E-state index in [0.717, 1.165) is 0 Å². The number of carbonyl (C=O) groups is 3. The van der Waals surface area contributed by atoms with E-state index in [0.29, 0.717) is 6.08 Å². The summed E-state index contributed by atoms with van der Waals surface area (Å²) in [5.41, 5.74) is 0.